The molecule has 0 N–H and O–H groups in total. The highest BCUT2D eigenvalue weighted by molar-refractivity contribution is 7.18. The predicted molar refractivity (Wildman–Crippen MR) is 78.0 cm³/mol. The van der Waals surface area contributed by atoms with Gasteiger partial charge in [0.2, 0.25) is 0 Å². The molecule has 1 heterocycles. The Morgan fingerprint density at radius 1 is 0.947 bits per heavy atom. The molecular formula is C15H9ClFNS. The molecule has 3 rings (SSSR count). The number of benzene rings is 2. The molecule has 1 nitrogen and oxygen atoms in total. The van der Waals surface area contributed by atoms with Gasteiger partial charge in [0, 0.05) is 11.8 Å². The molecular weight excluding hydrogens is 281 g/mol. The Labute approximate surface area is 119 Å². The molecule has 0 spiro atoms. The Bertz CT molecular complexity index is 706. The largest absolute Gasteiger partial charge is 0.233 e. The summed E-state index contributed by atoms with van der Waals surface area (Å²) >= 11 is 7.32. The second-order valence-corrected chi connectivity index (χ2v) is 5.64. The second-order valence-electron chi connectivity index (χ2n) is 4.03. The summed E-state index contributed by atoms with van der Waals surface area (Å²) in [6.45, 7) is 0. The Morgan fingerprint density at radius 2 is 1.63 bits per heavy atom. The summed E-state index contributed by atoms with van der Waals surface area (Å²) in [5, 5.41) is 0. The van der Waals surface area contributed by atoms with Crippen LogP contribution in [0.15, 0.2) is 54.7 Å². The van der Waals surface area contributed by atoms with Crippen molar-refractivity contribution < 1.29 is 4.39 Å². The van der Waals surface area contributed by atoms with Gasteiger partial charge < -0.3 is 0 Å². The molecule has 4 heteroatoms. The number of hydrogen-bond acceptors (Lipinski definition) is 2. The summed E-state index contributed by atoms with van der Waals surface area (Å²) in [7, 11) is 0. The van der Waals surface area contributed by atoms with E-state index in [4.69, 9.17) is 11.6 Å². The van der Waals surface area contributed by atoms with Gasteiger partial charge in [-0.1, -0.05) is 48.0 Å². The lowest BCUT2D eigenvalue weighted by Gasteiger charge is -2.07. The van der Waals surface area contributed by atoms with E-state index in [-0.39, 0.29) is 5.82 Å². The molecule has 0 amide bonds. The van der Waals surface area contributed by atoms with Crippen LogP contribution in [0.5, 0.6) is 0 Å². The maximum atomic E-state index is 13.0. The molecule has 2 aromatic carbocycles. The smallest absolute Gasteiger partial charge is 0.184 e. The summed E-state index contributed by atoms with van der Waals surface area (Å²) in [4.78, 5) is 5.07. The zero-order valence-corrected chi connectivity index (χ0v) is 11.4. The van der Waals surface area contributed by atoms with Gasteiger partial charge in [0.15, 0.2) is 4.47 Å². The van der Waals surface area contributed by atoms with Gasteiger partial charge in [-0.05, 0) is 23.3 Å². The van der Waals surface area contributed by atoms with Crippen molar-refractivity contribution in [3.05, 3.63) is 65.0 Å². The van der Waals surface area contributed by atoms with Crippen molar-refractivity contribution in [3.8, 4) is 21.6 Å². The van der Waals surface area contributed by atoms with Gasteiger partial charge in [0.25, 0.3) is 0 Å². The first kappa shape index (κ1) is 12.3. The standard InChI is InChI=1S/C15H9ClFNS/c16-15-18-9-14(19-15)13-4-2-1-3-12(13)10-5-7-11(17)8-6-10/h1-9H. The Kier molecular flexibility index (Phi) is 3.32. The fraction of sp³-hybridized carbons (Fsp3) is 0. The van der Waals surface area contributed by atoms with Crippen LogP contribution in [0.1, 0.15) is 0 Å². The third-order valence-corrected chi connectivity index (χ3v) is 3.97. The molecule has 0 unspecified atom stereocenters. The Balaban J connectivity index is 2.14. The van der Waals surface area contributed by atoms with Gasteiger partial charge in [-0.3, -0.25) is 0 Å². The van der Waals surface area contributed by atoms with E-state index in [9.17, 15) is 4.39 Å². The zero-order chi connectivity index (χ0) is 13.2. The summed E-state index contributed by atoms with van der Waals surface area (Å²) in [5.41, 5.74) is 3.07. The molecule has 0 atom stereocenters. The lowest BCUT2D eigenvalue weighted by molar-refractivity contribution is 0.628. The Hall–Kier alpha value is -1.71. The van der Waals surface area contributed by atoms with Crippen LogP contribution in [0.4, 0.5) is 4.39 Å². The molecule has 0 saturated heterocycles. The molecule has 0 aliphatic rings. The number of thiazole rings is 1. The van der Waals surface area contributed by atoms with Crippen LogP contribution in [-0.2, 0) is 0 Å². The first-order valence-electron chi connectivity index (χ1n) is 5.71. The quantitative estimate of drug-likeness (QED) is 0.626. The van der Waals surface area contributed by atoms with Gasteiger partial charge in [0.05, 0.1) is 4.88 Å². The highest BCUT2D eigenvalue weighted by Gasteiger charge is 2.09. The Morgan fingerprint density at radius 3 is 2.26 bits per heavy atom. The van der Waals surface area contributed by atoms with E-state index in [1.54, 1.807) is 18.3 Å². The van der Waals surface area contributed by atoms with E-state index in [0.29, 0.717) is 4.47 Å². The van der Waals surface area contributed by atoms with Gasteiger partial charge in [-0.2, -0.15) is 0 Å². The molecule has 1 aromatic heterocycles. The van der Waals surface area contributed by atoms with Gasteiger partial charge >= 0.3 is 0 Å². The fourth-order valence-electron chi connectivity index (χ4n) is 1.96. The molecule has 0 bridgehead atoms. The maximum absolute atomic E-state index is 13.0. The van der Waals surface area contributed by atoms with Crippen LogP contribution in [0.25, 0.3) is 21.6 Å². The van der Waals surface area contributed by atoms with E-state index in [1.807, 2.05) is 24.3 Å². The van der Waals surface area contributed by atoms with E-state index in [1.165, 1.54) is 23.5 Å². The van der Waals surface area contributed by atoms with Crippen LogP contribution < -0.4 is 0 Å². The minimum Gasteiger partial charge on any atom is -0.233 e. The third-order valence-electron chi connectivity index (χ3n) is 2.83. The summed E-state index contributed by atoms with van der Waals surface area (Å²) in [6.07, 6.45) is 1.76. The van der Waals surface area contributed by atoms with E-state index >= 15 is 0 Å². The molecule has 94 valence electrons. The highest BCUT2D eigenvalue weighted by Crippen LogP contribution is 2.36. The van der Waals surface area contributed by atoms with Crippen molar-refractivity contribution in [1.82, 2.24) is 4.98 Å². The van der Waals surface area contributed by atoms with E-state index in [2.05, 4.69) is 4.98 Å². The normalized spacial score (nSPS) is 10.6. The van der Waals surface area contributed by atoms with Crippen molar-refractivity contribution >= 4 is 22.9 Å². The molecule has 0 radical (unpaired) electrons. The minimum absolute atomic E-state index is 0.234. The monoisotopic (exact) mass is 289 g/mol. The summed E-state index contributed by atoms with van der Waals surface area (Å²) in [5.74, 6) is -0.234. The third kappa shape index (κ3) is 2.53. The predicted octanol–water partition coefficient (Wildman–Crippen LogP) is 5.27. The van der Waals surface area contributed by atoms with E-state index < -0.39 is 0 Å². The average Bonchev–Trinajstić information content (AvgIpc) is 2.86. The van der Waals surface area contributed by atoms with Gasteiger partial charge in [0.1, 0.15) is 5.82 Å². The van der Waals surface area contributed by atoms with Gasteiger partial charge in [-0.15, -0.1) is 11.3 Å². The van der Waals surface area contributed by atoms with E-state index in [0.717, 1.165) is 21.6 Å². The summed E-state index contributed by atoms with van der Waals surface area (Å²) in [6, 6.07) is 14.4. The topological polar surface area (TPSA) is 12.9 Å². The highest BCUT2D eigenvalue weighted by atomic mass is 35.5. The zero-order valence-electron chi connectivity index (χ0n) is 9.81. The number of rotatable bonds is 2. The van der Waals surface area contributed by atoms with Crippen LogP contribution in [0.3, 0.4) is 0 Å². The molecule has 0 aliphatic carbocycles. The van der Waals surface area contributed by atoms with Gasteiger partial charge in [-0.25, -0.2) is 9.37 Å². The number of nitrogens with zero attached hydrogens (tertiary/aromatic N) is 1. The molecule has 19 heavy (non-hydrogen) atoms. The summed E-state index contributed by atoms with van der Waals surface area (Å²) < 4.78 is 13.5. The van der Waals surface area contributed by atoms with Crippen molar-refractivity contribution in [2.45, 2.75) is 0 Å². The van der Waals surface area contributed by atoms with Crippen molar-refractivity contribution in [3.63, 3.8) is 0 Å². The first-order valence-corrected chi connectivity index (χ1v) is 6.90. The number of hydrogen-bond donors (Lipinski definition) is 0. The van der Waals surface area contributed by atoms with Crippen molar-refractivity contribution in [2.75, 3.05) is 0 Å². The maximum Gasteiger partial charge on any atom is 0.184 e. The second kappa shape index (κ2) is 5.11. The van der Waals surface area contributed by atoms with Crippen LogP contribution >= 0.6 is 22.9 Å². The first-order chi connectivity index (χ1) is 9.24. The molecule has 0 fully saturated rings. The van der Waals surface area contributed by atoms with Crippen LogP contribution in [-0.4, -0.2) is 4.98 Å². The minimum atomic E-state index is -0.234. The van der Waals surface area contributed by atoms with Crippen molar-refractivity contribution in [1.29, 1.82) is 0 Å². The molecule has 0 aliphatic heterocycles. The average molecular weight is 290 g/mol. The number of halogens is 2. The van der Waals surface area contributed by atoms with Crippen LogP contribution in [0.2, 0.25) is 4.47 Å². The molecule has 0 saturated carbocycles. The lowest BCUT2D eigenvalue weighted by atomic mass is 9.99. The SMILES string of the molecule is Fc1ccc(-c2ccccc2-c2cnc(Cl)s2)cc1. The number of aromatic nitrogens is 1. The van der Waals surface area contributed by atoms with Crippen LogP contribution in [0, 0.1) is 5.82 Å². The molecule has 3 aromatic rings. The fourth-order valence-corrected chi connectivity index (χ4v) is 2.93. The van der Waals surface area contributed by atoms with Crippen molar-refractivity contribution in [2.24, 2.45) is 0 Å². The lowest BCUT2D eigenvalue weighted by Crippen LogP contribution is -1.83.